The summed E-state index contributed by atoms with van der Waals surface area (Å²) in [7, 11) is 0. The van der Waals surface area contributed by atoms with E-state index >= 15 is 0 Å². The molecule has 1 N–H and O–H groups in total. The Labute approximate surface area is 87.4 Å². The highest BCUT2D eigenvalue weighted by atomic mass is 19.2. The van der Waals surface area contributed by atoms with Crippen LogP contribution in [0.1, 0.15) is 18.9 Å². The van der Waals surface area contributed by atoms with Gasteiger partial charge in [-0.2, -0.15) is 0 Å². The number of ether oxygens (including phenoxy) is 1. The summed E-state index contributed by atoms with van der Waals surface area (Å²) < 4.78 is 30.8. The van der Waals surface area contributed by atoms with Crippen molar-refractivity contribution >= 4 is 5.90 Å². The Morgan fingerprint density at radius 2 is 2.13 bits per heavy atom. The van der Waals surface area contributed by atoms with E-state index < -0.39 is 11.6 Å². The largest absolute Gasteiger partial charge is 0.481 e. The van der Waals surface area contributed by atoms with Gasteiger partial charge in [0, 0.05) is 6.42 Å². The van der Waals surface area contributed by atoms with Crippen LogP contribution < -0.4 is 0 Å². The predicted octanol–water partition coefficient (Wildman–Crippen LogP) is 2.91. The van der Waals surface area contributed by atoms with Crippen LogP contribution in [0.2, 0.25) is 0 Å². The summed E-state index contributed by atoms with van der Waals surface area (Å²) in [6.07, 6.45) is 0.566. The molecule has 0 aromatic heterocycles. The molecule has 82 valence electrons. The van der Waals surface area contributed by atoms with Crippen LogP contribution in [-0.4, -0.2) is 12.5 Å². The third-order valence-corrected chi connectivity index (χ3v) is 1.97. The summed E-state index contributed by atoms with van der Waals surface area (Å²) in [4.78, 5) is 0. The van der Waals surface area contributed by atoms with E-state index in [2.05, 4.69) is 0 Å². The van der Waals surface area contributed by atoms with E-state index in [0.29, 0.717) is 6.61 Å². The fraction of sp³-hybridized carbons (Fsp3) is 0.364. The van der Waals surface area contributed by atoms with Crippen LogP contribution in [0.15, 0.2) is 18.2 Å². The Bertz CT molecular complexity index is 352. The maximum absolute atomic E-state index is 13.2. The average Bonchev–Trinajstić information content (AvgIpc) is 2.21. The minimum Gasteiger partial charge on any atom is -0.481 e. The van der Waals surface area contributed by atoms with Crippen molar-refractivity contribution in [2.24, 2.45) is 0 Å². The summed E-state index contributed by atoms with van der Waals surface area (Å²) in [5, 5.41) is 7.32. The molecule has 0 aliphatic rings. The zero-order valence-electron chi connectivity index (χ0n) is 8.52. The number of aryl methyl sites for hydroxylation is 1. The zero-order valence-corrected chi connectivity index (χ0v) is 8.52. The van der Waals surface area contributed by atoms with Gasteiger partial charge in [-0.05, 0) is 25.0 Å². The normalized spacial score (nSPS) is 10.1. The molecule has 0 amide bonds. The van der Waals surface area contributed by atoms with Crippen LogP contribution in [0.3, 0.4) is 0 Å². The number of hydrogen-bond acceptors (Lipinski definition) is 2. The van der Waals surface area contributed by atoms with Crippen molar-refractivity contribution in [3.05, 3.63) is 35.4 Å². The van der Waals surface area contributed by atoms with Gasteiger partial charge in [0.15, 0.2) is 17.5 Å². The fourth-order valence-electron chi connectivity index (χ4n) is 1.24. The summed E-state index contributed by atoms with van der Waals surface area (Å²) in [5.41, 5.74) is 0.277. The van der Waals surface area contributed by atoms with Crippen LogP contribution in [0.5, 0.6) is 0 Å². The molecular formula is C11H13F2NO. The summed E-state index contributed by atoms with van der Waals surface area (Å²) >= 11 is 0. The Balaban J connectivity index is 2.58. The molecule has 1 aromatic rings. The Morgan fingerprint density at radius 1 is 1.40 bits per heavy atom. The van der Waals surface area contributed by atoms with Crippen LogP contribution in [-0.2, 0) is 11.2 Å². The summed E-state index contributed by atoms with van der Waals surface area (Å²) in [6.45, 7) is 2.20. The smallest absolute Gasteiger partial charge is 0.180 e. The third-order valence-electron chi connectivity index (χ3n) is 1.97. The number of halogens is 2. The average molecular weight is 213 g/mol. The van der Waals surface area contributed by atoms with Crippen LogP contribution in [0.4, 0.5) is 8.78 Å². The number of rotatable bonds is 4. The Morgan fingerprint density at radius 3 is 2.80 bits per heavy atom. The number of benzene rings is 1. The first-order valence-corrected chi connectivity index (χ1v) is 4.78. The topological polar surface area (TPSA) is 33.1 Å². The second kappa shape index (κ2) is 5.44. The molecule has 0 saturated heterocycles. The molecule has 0 bridgehead atoms. The van der Waals surface area contributed by atoms with Crippen molar-refractivity contribution < 1.29 is 13.5 Å². The summed E-state index contributed by atoms with van der Waals surface area (Å²) in [5.74, 6) is -1.58. The zero-order chi connectivity index (χ0) is 11.3. The van der Waals surface area contributed by atoms with Gasteiger partial charge in [0.25, 0.3) is 0 Å². The molecule has 15 heavy (non-hydrogen) atoms. The van der Waals surface area contributed by atoms with Crippen molar-refractivity contribution in [2.75, 3.05) is 6.61 Å². The molecule has 0 unspecified atom stereocenters. The first kappa shape index (κ1) is 11.6. The first-order chi connectivity index (χ1) is 7.15. The molecule has 0 aliphatic carbocycles. The first-order valence-electron chi connectivity index (χ1n) is 4.78. The molecular weight excluding hydrogens is 200 g/mol. The molecule has 0 spiro atoms. The van der Waals surface area contributed by atoms with Gasteiger partial charge in [0.1, 0.15) is 0 Å². The lowest BCUT2D eigenvalue weighted by Gasteiger charge is -2.05. The SMILES string of the molecule is CCOC(=N)CCc1cccc(F)c1F. The number of nitrogens with one attached hydrogen (secondary N) is 1. The van der Waals surface area contributed by atoms with Crippen molar-refractivity contribution in [1.82, 2.24) is 0 Å². The standard InChI is InChI=1S/C11H13F2NO/c1-2-15-10(14)7-6-8-4-3-5-9(12)11(8)13/h3-5,14H,2,6-7H2,1H3. The van der Waals surface area contributed by atoms with Crippen LogP contribution in [0, 0.1) is 17.0 Å². The van der Waals surface area contributed by atoms with Crippen molar-refractivity contribution in [1.29, 1.82) is 5.41 Å². The molecule has 0 heterocycles. The predicted molar refractivity (Wildman–Crippen MR) is 54.0 cm³/mol. The van der Waals surface area contributed by atoms with E-state index in [1.54, 1.807) is 6.92 Å². The second-order valence-corrected chi connectivity index (χ2v) is 3.07. The molecule has 0 saturated carbocycles. The quantitative estimate of drug-likeness (QED) is 0.605. The molecule has 0 aliphatic heterocycles. The highest BCUT2D eigenvalue weighted by Crippen LogP contribution is 2.13. The van der Waals surface area contributed by atoms with E-state index in [4.69, 9.17) is 10.1 Å². The van der Waals surface area contributed by atoms with Gasteiger partial charge in [-0.25, -0.2) is 8.78 Å². The van der Waals surface area contributed by atoms with Crippen molar-refractivity contribution in [3.8, 4) is 0 Å². The molecule has 0 atom stereocenters. The van der Waals surface area contributed by atoms with Gasteiger partial charge in [-0.3, -0.25) is 5.41 Å². The third kappa shape index (κ3) is 3.31. The van der Waals surface area contributed by atoms with E-state index in [1.807, 2.05) is 0 Å². The maximum Gasteiger partial charge on any atom is 0.180 e. The molecule has 2 nitrogen and oxygen atoms in total. The van der Waals surface area contributed by atoms with E-state index in [-0.39, 0.29) is 24.3 Å². The lowest BCUT2D eigenvalue weighted by atomic mass is 10.1. The highest BCUT2D eigenvalue weighted by molar-refractivity contribution is 5.72. The minimum absolute atomic E-state index is 0.0983. The Kier molecular flexibility index (Phi) is 4.21. The van der Waals surface area contributed by atoms with Crippen LogP contribution in [0.25, 0.3) is 0 Å². The maximum atomic E-state index is 13.2. The Hall–Kier alpha value is -1.45. The van der Waals surface area contributed by atoms with Gasteiger partial charge in [0.05, 0.1) is 6.61 Å². The van der Waals surface area contributed by atoms with Gasteiger partial charge < -0.3 is 4.74 Å². The number of hydrogen-bond donors (Lipinski definition) is 1. The monoisotopic (exact) mass is 213 g/mol. The van der Waals surface area contributed by atoms with Gasteiger partial charge in [0.2, 0.25) is 0 Å². The van der Waals surface area contributed by atoms with E-state index in [0.717, 1.165) is 6.07 Å². The van der Waals surface area contributed by atoms with Gasteiger partial charge >= 0.3 is 0 Å². The molecule has 1 aromatic carbocycles. The van der Waals surface area contributed by atoms with Crippen molar-refractivity contribution in [3.63, 3.8) is 0 Å². The second-order valence-electron chi connectivity index (χ2n) is 3.07. The molecule has 4 heteroatoms. The molecule has 0 radical (unpaired) electrons. The van der Waals surface area contributed by atoms with Gasteiger partial charge in [-0.1, -0.05) is 12.1 Å². The minimum atomic E-state index is -0.851. The van der Waals surface area contributed by atoms with E-state index in [1.165, 1.54) is 12.1 Å². The van der Waals surface area contributed by atoms with Crippen molar-refractivity contribution in [2.45, 2.75) is 19.8 Å². The van der Waals surface area contributed by atoms with Gasteiger partial charge in [-0.15, -0.1) is 0 Å². The highest BCUT2D eigenvalue weighted by Gasteiger charge is 2.08. The lowest BCUT2D eigenvalue weighted by molar-refractivity contribution is 0.314. The van der Waals surface area contributed by atoms with Crippen LogP contribution >= 0.6 is 0 Å². The lowest BCUT2D eigenvalue weighted by Crippen LogP contribution is -2.05. The molecule has 1 rings (SSSR count). The summed E-state index contributed by atoms with van der Waals surface area (Å²) in [6, 6.07) is 4.04. The molecule has 0 fully saturated rings. The fourth-order valence-corrected chi connectivity index (χ4v) is 1.24. The van der Waals surface area contributed by atoms with E-state index in [9.17, 15) is 8.78 Å².